The van der Waals surface area contributed by atoms with Crippen LogP contribution in [0.25, 0.3) is 0 Å². The van der Waals surface area contributed by atoms with Crippen LogP contribution < -0.4 is 4.74 Å². The SMILES string of the molecule is CC(Oc1ccccc1C#N)c1ccc[nH]1. The first kappa shape index (κ1) is 10.3. The third kappa shape index (κ3) is 2.06. The molecule has 0 aliphatic carbocycles. The summed E-state index contributed by atoms with van der Waals surface area (Å²) in [5.74, 6) is 0.618. The third-order valence-corrected chi connectivity index (χ3v) is 2.37. The summed E-state index contributed by atoms with van der Waals surface area (Å²) in [5, 5.41) is 8.92. The summed E-state index contributed by atoms with van der Waals surface area (Å²) in [4.78, 5) is 3.09. The van der Waals surface area contributed by atoms with Crippen LogP contribution in [0.5, 0.6) is 5.75 Å². The van der Waals surface area contributed by atoms with Crippen molar-refractivity contribution in [2.24, 2.45) is 0 Å². The smallest absolute Gasteiger partial charge is 0.138 e. The van der Waals surface area contributed by atoms with Crippen molar-refractivity contribution in [2.75, 3.05) is 0 Å². The van der Waals surface area contributed by atoms with Crippen LogP contribution in [0, 0.1) is 11.3 Å². The molecule has 0 bridgehead atoms. The molecule has 0 saturated heterocycles. The third-order valence-electron chi connectivity index (χ3n) is 2.37. The zero-order chi connectivity index (χ0) is 11.4. The molecule has 1 unspecified atom stereocenters. The van der Waals surface area contributed by atoms with Crippen molar-refractivity contribution in [2.45, 2.75) is 13.0 Å². The van der Waals surface area contributed by atoms with Crippen molar-refractivity contribution >= 4 is 0 Å². The number of H-pyrrole nitrogens is 1. The molecular formula is C13H12N2O. The van der Waals surface area contributed by atoms with Gasteiger partial charge in [0.05, 0.1) is 11.3 Å². The van der Waals surface area contributed by atoms with Crippen LogP contribution in [0.2, 0.25) is 0 Å². The minimum atomic E-state index is -0.0931. The molecule has 0 aliphatic rings. The molecular weight excluding hydrogens is 200 g/mol. The van der Waals surface area contributed by atoms with Crippen molar-refractivity contribution in [3.8, 4) is 11.8 Å². The quantitative estimate of drug-likeness (QED) is 0.850. The molecule has 2 aromatic rings. The number of aromatic amines is 1. The fourth-order valence-corrected chi connectivity index (χ4v) is 1.51. The molecule has 1 aromatic carbocycles. The van der Waals surface area contributed by atoms with Crippen LogP contribution in [0.15, 0.2) is 42.6 Å². The lowest BCUT2D eigenvalue weighted by Crippen LogP contribution is -2.04. The maximum atomic E-state index is 8.92. The van der Waals surface area contributed by atoms with Crippen LogP contribution in [0.3, 0.4) is 0 Å². The molecule has 16 heavy (non-hydrogen) atoms. The average Bonchev–Trinajstić information content (AvgIpc) is 2.83. The highest BCUT2D eigenvalue weighted by molar-refractivity contribution is 5.42. The van der Waals surface area contributed by atoms with E-state index in [1.165, 1.54) is 0 Å². The number of para-hydroxylation sites is 1. The Kier molecular flexibility index (Phi) is 2.93. The van der Waals surface area contributed by atoms with E-state index in [1.54, 1.807) is 12.1 Å². The zero-order valence-corrected chi connectivity index (χ0v) is 8.97. The Hall–Kier alpha value is -2.21. The Morgan fingerprint density at radius 1 is 1.25 bits per heavy atom. The zero-order valence-electron chi connectivity index (χ0n) is 8.97. The second-order valence-corrected chi connectivity index (χ2v) is 3.49. The summed E-state index contributed by atoms with van der Waals surface area (Å²) in [7, 11) is 0. The van der Waals surface area contributed by atoms with Crippen molar-refractivity contribution in [1.29, 1.82) is 5.26 Å². The molecule has 1 aromatic heterocycles. The number of hydrogen-bond donors (Lipinski definition) is 1. The monoisotopic (exact) mass is 212 g/mol. The van der Waals surface area contributed by atoms with Crippen LogP contribution in [0.1, 0.15) is 24.3 Å². The molecule has 1 atom stereocenters. The summed E-state index contributed by atoms with van der Waals surface area (Å²) in [6.07, 6.45) is 1.76. The number of benzene rings is 1. The molecule has 1 N–H and O–H groups in total. The predicted octanol–water partition coefficient (Wildman–Crippen LogP) is 3.03. The van der Waals surface area contributed by atoms with Crippen LogP contribution >= 0.6 is 0 Å². The van der Waals surface area contributed by atoms with Crippen molar-refractivity contribution < 1.29 is 4.74 Å². The summed E-state index contributed by atoms with van der Waals surface area (Å²) < 4.78 is 5.73. The van der Waals surface area contributed by atoms with Gasteiger partial charge >= 0.3 is 0 Å². The molecule has 0 spiro atoms. The van der Waals surface area contributed by atoms with E-state index >= 15 is 0 Å². The lowest BCUT2D eigenvalue weighted by atomic mass is 10.2. The van der Waals surface area contributed by atoms with E-state index in [0.717, 1.165) is 5.69 Å². The van der Waals surface area contributed by atoms with E-state index in [0.29, 0.717) is 11.3 Å². The van der Waals surface area contributed by atoms with Gasteiger partial charge in [0.1, 0.15) is 17.9 Å². The van der Waals surface area contributed by atoms with Gasteiger partial charge in [-0.3, -0.25) is 0 Å². The van der Waals surface area contributed by atoms with Gasteiger partial charge < -0.3 is 9.72 Å². The average molecular weight is 212 g/mol. The Balaban J connectivity index is 2.19. The second-order valence-electron chi connectivity index (χ2n) is 3.49. The van der Waals surface area contributed by atoms with Gasteiger partial charge in [0.2, 0.25) is 0 Å². The summed E-state index contributed by atoms with van der Waals surface area (Å²) in [6.45, 7) is 1.94. The molecule has 3 heteroatoms. The Morgan fingerprint density at radius 2 is 2.06 bits per heavy atom. The van der Waals surface area contributed by atoms with Crippen molar-refractivity contribution in [3.05, 3.63) is 53.9 Å². The number of nitrogens with zero attached hydrogens (tertiary/aromatic N) is 1. The number of ether oxygens (including phenoxy) is 1. The first-order valence-corrected chi connectivity index (χ1v) is 5.10. The van der Waals surface area contributed by atoms with Crippen LogP contribution in [-0.2, 0) is 0 Å². The van der Waals surface area contributed by atoms with Gasteiger partial charge in [0, 0.05) is 6.20 Å². The Morgan fingerprint density at radius 3 is 2.75 bits per heavy atom. The predicted molar refractivity (Wildman–Crippen MR) is 61.0 cm³/mol. The molecule has 80 valence electrons. The summed E-state index contributed by atoms with van der Waals surface area (Å²) >= 11 is 0. The first-order valence-electron chi connectivity index (χ1n) is 5.10. The molecule has 0 aliphatic heterocycles. The standard InChI is InChI=1S/C13H12N2O/c1-10(12-6-4-8-15-12)16-13-7-3-2-5-11(13)9-14/h2-8,10,15H,1H3. The molecule has 1 heterocycles. The van der Waals surface area contributed by atoms with Gasteiger partial charge in [0.25, 0.3) is 0 Å². The van der Waals surface area contributed by atoms with Crippen molar-refractivity contribution in [3.63, 3.8) is 0 Å². The van der Waals surface area contributed by atoms with E-state index in [1.807, 2.05) is 37.4 Å². The number of rotatable bonds is 3. The topological polar surface area (TPSA) is 48.8 Å². The van der Waals surface area contributed by atoms with Gasteiger partial charge in [-0.05, 0) is 31.2 Å². The largest absolute Gasteiger partial charge is 0.483 e. The first-order chi connectivity index (χ1) is 7.81. The van der Waals surface area contributed by atoms with E-state index in [2.05, 4.69) is 11.1 Å². The number of hydrogen-bond acceptors (Lipinski definition) is 2. The van der Waals surface area contributed by atoms with Gasteiger partial charge in [-0.2, -0.15) is 5.26 Å². The maximum absolute atomic E-state index is 8.92. The highest BCUT2D eigenvalue weighted by Gasteiger charge is 2.10. The number of nitrogens with one attached hydrogen (secondary N) is 1. The van der Waals surface area contributed by atoms with E-state index in [-0.39, 0.29) is 6.10 Å². The number of aromatic nitrogens is 1. The molecule has 2 rings (SSSR count). The van der Waals surface area contributed by atoms with E-state index < -0.39 is 0 Å². The number of nitriles is 1. The minimum Gasteiger partial charge on any atom is -0.483 e. The Labute approximate surface area is 94.3 Å². The summed E-state index contributed by atoms with van der Waals surface area (Å²) in [5.41, 5.74) is 1.55. The molecule has 3 nitrogen and oxygen atoms in total. The second kappa shape index (κ2) is 4.54. The maximum Gasteiger partial charge on any atom is 0.138 e. The van der Waals surface area contributed by atoms with Gasteiger partial charge in [-0.25, -0.2) is 0 Å². The normalized spacial score (nSPS) is 11.8. The van der Waals surface area contributed by atoms with Gasteiger partial charge in [-0.15, -0.1) is 0 Å². The molecule has 0 fully saturated rings. The highest BCUT2D eigenvalue weighted by Crippen LogP contribution is 2.23. The molecule has 0 amide bonds. The van der Waals surface area contributed by atoms with Crippen molar-refractivity contribution in [1.82, 2.24) is 4.98 Å². The fraction of sp³-hybridized carbons (Fsp3) is 0.154. The Bertz CT molecular complexity index is 497. The van der Waals surface area contributed by atoms with E-state index in [9.17, 15) is 0 Å². The fourth-order valence-electron chi connectivity index (χ4n) is 1.51. The lowest BCUT2D eigenvalue weighted by Gasteiger charge is -2.14. The van der Waals surface area contributed by atoms with Crippen LogP contribution in [-0.4, -0.2) is 4.98 Å². The van der Waals surface area contributed by atoms with E-state index in [4.69, 9.17) is 10.00 Å². The minimum absolute atomic E-state index is 0.0931. The van der Waals surface area contributed by atoms with Crippen LogP contribution in [0.4, 0.5) is 0 Å². The molecule has 0 saturated carbocycles. The molecule has 0 radical (unpaired) electrons. The van der Waals surface area contributed by atoms with Gasteiger partial charge in [0.15, 0.2) is 0 Å². The van der Waals surface area contributed by atoms with Gasteiger partial charge in [-0.1, -0.05) is 12.1 Å². The summed E-state index contributed by atoms with van der Waals surface area (Å²) in [6, 6.07) is 13.2. The lowest BCUT2D eigenvalue weighted by molar-refractivity contribution is 0.222. The highest BCUT2D eigenvalue weighted by atomic mass is 16.5.